The highest BCUT2D eigenvalue weighted by Gasteiger charge is 2.25. The Bertz CT molecular complexity index is 221. The summed E-state index contributed by atoms with van der Waals surface area (Å²) in [6.07, 6.45) is 4.50. The number of rotatable bonds is 5. The molecule has 0 aromatic heterocycles. The lowest BCUT2D eigenvalue weighted by atomic mass is 10.2. The molecular formula is C13H25BrN2O. The predicted molar refractivity (Wildman–Crippen MR) is 74.9 cm³/mol. The van der Waals surface area contributed by atoms with Gasteiger partial charge in [0.15, 0.2) is 0 Å². The molecule has 100 valence electrons. The first-order valence-electron chi connectivity index (χ1n) is 6.93. The van der Waals surface area contributed by atoms with Crippen LogP contribution in [0.25, 0.3) is 0 Å². The van der Waals surface area contributed by atoms with Gasteiger partial charge in [0.2, 0.25) is 0 Å². The Balaban J connectivity index is 1.65. The van der Waals surface area contributed by atoms with Crippen LogP contribution in [0, 0.1) is 0 Å². The summed E-state index contributed by atoms with van der Waals surface area (Å²) >= 11 is 3.52. The van der Waals surface area contributed by atoms with Crippen molar-refractivity contribution in [2.24, 2.45) is 0 Å². The Kier molecular flexibility index (Phi) is 5.74. The van der Waals surface area contributed by atoms with E-state index in [1.807, 2.05) is 0 Å². The normalized spacial score (nSPS) is 32.1. The van der Waals surface area contributed by atoms with Gasteiger partial charge in [-0.05, 0) is 52.4 Å². The SMILES string of the molecule is CC1COC(CBr)CN1CCCN1CCCC1. The topological polar surface area (TPSA) is 15.7 Å². The zero-order valence-corrected chi connectivity index (χ0v) is 12.5. The van der Waals surface area contributed by atoms with E-state index in [1.165, 1.54) is 45.4 Å². The molecule has 2 unspecified atom stereocenters. The number of hydrogen-bond donors (Lipinski definition) is 0. The second-order valence-corrected chi connectivity index (χ2v) is 6.00. The van der Waals surface area contributed by atoms with Crippen molar-refractivity contribution in [2.75, 3.05) is 44.7 Å². The summed E-state index contributed by atoms with van der Waals surface area (Å²) in [6.45, 7) is 9.41. The van der Waals surface area contributed by atoms with Crippen LogP contribution in [0.2, 0.25) is 0 Å². The van der Waals surface area contributed by atoms with Gasteiger partial charge in [-0.15, -0.1) is 0 Å². The number of morpholine rings is 1. The van der Waals surface area contributed by atoms with E-state index in [0.717, 1.165) is 18.5 Å². The average molecular weight is 305 g/mol. The first kappa shape index (κ1) is 13.8. The van der Waals surface area contributed by atoms with Crippen LogP contribution in [0.5, 0.6) is 0 Å². The van der Waals surface area contributed by atoms with Crippen LogP contribution in [0.1, 0.15) is 26.2 Å². The van der Waals surface area contributed by atoms with Gasteiger partial charge in [-0.2, -0.15) is 0 Å². The Labute approximate surface area is 114 Å². The van der Waals surface area contributed by atoms with Crippen LogP contribution < -0.4 is 0 Å². The maximum atomic E-state index is 5.75. The minimum absolute atomic E-state index is 0.387. The molecule has 0 N–H and O–H groups in total. The lowest BCUT2D eigenvalue weighted by molar-refractivity contribution is -0.0472. The van der Waals surface area contributed by atoms with E-state index in [2.05, 4.69) is 32.7 Å². The van der Waals surface area contributed by atoms with Crippen LogP contribution in [-0.2, 0) is 4.74 Å². The molecule has 0 aliphatic carbocycles. The molecule has 2 rings (SSSR count). The molecule has 2 aliphatic rings. The Morgan fingerprint density at radius 2 is 2.00 bits per heavy atom. The third-order valence-corrected chi connectivity index (χ3v) is 4.65. The molecule has 2 aliphatic heterocycles. The van der Waals surface area contributed by atoms with E-state index < -0.39 is 0 Å². The quantitative estimate of drug-likeness (QED) is 0.722. The molecule has 2 atom stereocenters. The molecule has 0 radical (unpaired) electrons. The van der Waals surface area contributed by atoms with Crippen LogP contribution in [0.3, 0.4) is 0 Å². The fourth-order valence-electron chi connectivity index (χ4n) is 2.78. The third kappa shape index (κ3) is 4.19. The highest BCUT2D eigenvalue weighted by Crippen LogP contribution is 2.14. The largest absolute Gasteiger partial charge is 0.374 e. The molecule has 0 saturated carbocycles. The summed E-state index contributed by atoms with van der Waals surface area (Å²) in [6, 6.07) is 0.587. The summed E-state index contributed by atoms with van der Waals surface area (Å²) < 4.78 is 5.75. The van der Waals surface area contributed by atoms with Gasteiger partial charge in [0.1, 0.15) is 0 Å². The highest BCUT2D eigenvalue weighted by atomic mass is 79.9. The van der Waals surface area contributed by atoms with Gasteiger partial charge >= 0.3 is 0 Å². The number of halogens is 1. The van der Waals surface area contributed by atoms with Crippen molar-refractivity contribution in [3.05, 3.63) is 0 Å². The van der Waals surface area contributed by atoms with Crippen molar-refractivity contribution in [1.29, 1.82) is 0 Å². The molecular weight excluding hydrogens is 280 g/mol. The summed E-state index contributed by atoms with van der Waals surface area (Å²) in [4.78, 5) is 5.19. The lowest BCUT2D eigenvalue weighted by Crippen LogP contribution is -2.49. The maximum Gasteiger partial charge on any atom is 0.0799 e. The zero-order valence-electron chi connectivity index (χ0n) is 10.9. The van der Waals surface area contributed by atoms with Gasteiger partial charge in [-0.1, -0.05) is 15.9 Å². The maximum absolute atomic E-state index is 5.75. The van der Waals surface area contributed by atoms with Crippen molar-refractivity contribution < 1.29 is 4.74 Å². The van der Waals surface area contributed by atoms with Crippen LogP contribution in [-0.4, -0.2) is 66.6 Å². The van der Waals surface area contributed by atoms with Gasteiger partial charge in [-0.25, -0.2) is 0 Å². The van der Waals surface area contributed by atoms with Crippen molar-refractivity contribution >= 4 is 15.9 Å². The van der Waals surface area contributed by atoms with E-state index in [1.54, 1.807) is 0 Å². The average Bonchev–Trinajstić information content (AvgIpc) is 2.84. The Hall–Kier alpha value is 0.360. The van der Waals surface area contributed by atoms with Gasteiger partial charge in [-0.3, -0.25) is 4.90 Å². The van der Waals surface area contributed by atoms with E-state index in [4.69, 9.17) is 4.74 Å². The fourth-order valence-corrected chi connectivity index (χ4v) is 3.18. The second kappa shape index (κ2) is 7.07. The smallest absolute Gasteiger partial charge is 0.0799 e. The van der Waals surface area contributed by atoms with E-state index >= 15 is 0 Å². The molecule has 17 heavy (non-hydrogen) atoms. The molecule has 2 fully saturated rings. The second-order valence-electron chi connectivity index (χ2n) is 5.36. The van der Waals surface area contributed by atoms with Gasteiger partial charge in [0.05, 0.1) is 12.7 Å². The van der Waals surface area contributed by atoms with E-state index in [0.29, 0.717) is 12.1 Å². The van der Waals surface area contributed by atoms with E-state index in [-0.39, 0.29) is 0 Å². The molecule has 2 heterocycles. The number of ether oxygens (including phenoxy) is 1. The molecule has 2 saturated heterocycles. The zero-order chi connectivity index (χ0) is 12.1. The summed E-state index contributed by atoms with van der Waals surface area (Å²) in [7, 11) is 0. The van der Waals surface area contributed by atoms with Crippen LogP contribution in [0.15, 0.2) is 0 Å². The monoisotopic (exact) mass is 304 g/mol. The van der Waals surface area contributed by atoms with Gasteiger partial charge < -0.3 is 9.64 Å². The first-order valence-corrected chi connectivity index (χ1v) is 8.05. The molecule has 0 amide bonds. The number of nitrogens with zero attached hydrogens (tertiary/aromatic N) is 2. The predicted octanol–water partition coefficient (Wildman–Crippen LogP) is 1.96. The van der Waals surface area contributed by atoms with Crippen molar-refractivity contribution in [3.8, 4) is 0 Å². The van der Waals surface area contributed by atoms with E-state index in [9.17, 15) is 0 Å². The summed E-state index contributed by atoms with van der Waals surface area (Å²) in [5.74, 6) is 0. The molecule has 4 heteroatoms. The fraction of sp³-hybridized carbons (Fsp3) is 1.00. The van der Waals surface area contributed by atoms with Crippen molar-refractivity contribution in [2.45, 2.75) is 38.3 Å². The van der Waals surface area contributed by atoms with Crippen LogP contribution >= 0.6 is 15.9 Å². The standard InChI is InChI=1S/C13H25BrN2O/c1-12-11-17-13(9-14)10-16(12)8-4-7-15-5-2-3-6-15/h12-13H,2-11H2,1H3. The Morgan fingerprint density at radius 1 is 1.24 bits per heavy atom. The molecule has 0 bridgehead atoms. The van der Waals surface area contributed by atoms with Crippen molar-refractivity contribution in [3.63, 3.8) is 0 Å². The van der Waals surface area contributed by atoms with Gasteiger partial charge in [0.25, 0.3) is 0 Å². The van der Waals surface area contributed by atoms with Crippen LogP contribution in [0.4, 0.5) is 0 Å². The third-order valence-electron chi connectivity index (χ3n) is 3.93. The highest BCUT2D eigenvalue weighted by molar-refractivity contribution is 9.09. The minimum atomic E-state index is 0.387. The summed E-state index contributed by atoms with van der Waals surface area (Å²) in [5, 5.41) is 0.961. The van der Waals surface area contributed by atoms with Gasteiger partial charge in [0, 0.05) is 17.9 Å². The summed E-state index contributed by atoms with van der Waals surface area (Å²) in [5.41, 5.74) is 0. The number of hydrogen-bond acceptors (Lipinski definition) is 3. The minimum Gasteiger partial charge on any atom is -0.374 e. The molecule has 3 nitrogen and oxygen atoms in total. The molecule has 0 aromatic carbocycles. The molecule has 0 aromatic rings. The van der Waals surface area contributed by atoms with Crippen molar-refractivity contribution in [1.82, 2.24) is 9.80 Å². The Morgan fingerprint density at radius 3 is 2.71 bits per heavy atom. The number of alkyl halides is 1. The number of likely N-dealkylation sites (tertiary alicyclic amines) is 1. The molecule has 0 spiro atoms. The first-order chi connectivity index (χ1) is 8.29. The lowest BCUT2D eigenvalue weighted by Gasteiger charge is -2.37.